The number of para-hydroxylation sites is 2. The SMILES string of the molecule is O=S(=O)(CC1CCNC1)c1nc2ccccc2nc1Cl. The van der Waals surface area contributed by atoms with Gasteiger partial charge in [-0.2, -0.15) is 0 Å². The van der Waals surface area contributed by atoms with Crippen LogP contribution < -0.4 is 5.32 Å². The number of sulfone groups is 1. The summed E-state index contributed by atoms with van der Waals surface area (Å²) < 4.78 is 24.9. The van der Waals surface area contributed by atoms with Crippen LogP contribution in [0.1, 0.15) is 6.42 Å². The van der Waals surface area contributed by atoms with Crippen molar-refractivity contribution in [3.05, 3.63) is 29.4 Å². The van der Waals surface area contributed by atoms with E-state index >= 15 is 0 Å². The maximum atomic E-state index is 12.4. The van der Waals surface area contributed by atoms with Crippen LogP contribution in [-0.2, 0) is 9.84 Å². The van der Waals surface area contributed by atoms with E-state index in [1.165, 1.54) is 0 Å². The number of halogens is 1. The van der Waals surface area contributed by atoms with E-state index in [1.807, 2.05) is 6.07 Å². The van der Waals surface area contributed by atoms with E-state index < -0.39 is 9.84 Å². The smallest absolute Gasteiger partial charge is 0.199 e. The number of hydrogen-bond acceptors (Lipinski definition) is 5. The van der Waals surface area contributed by atoms with Gasteiger partial charge in [-0.05, 0) is 37.6 Å². The third-order valence-electron chi connectivity index (χ3n) is 3.41. The Morgan fingerprint density at radius 3 is 2.60 bits per heavy atom. The third kappa shape index (κ3) is 2.63. The summed E-state index contributed by atoms with van der Waals surface area (Å²) in [7, 11) is -3.51. The number of rotatable bonds is 3. The van der Waals surface area contributed by atoms with Crippen LogP contribution in [0.15, 0.2) is 29.3 Å². The highest BCUT2D eigenvalue weighted by atomic mass is 35.5. The standard InChI is InChI=1S/C13H14ClN3O2S/c14-12-13(17-11-4-2-1-3-10(11)16-12)20(18,19)8-9-5-6-15-7-9/h1-4,9,15H,5-8H2. The van der Waals surface area contributed by atoms with Crippen LogP contribution in [0.5, 0.6) is 0 Å². The van der Waals surface area contributed by atoms with Crippen molar-refractivity contribution in [2.75, 3.05) is 18.8 Å². The van der Waals surface area contributed by atoms with Gasteiger partial charge in [0.05, 0.1) is 16.8 Å². The van der Waals surface area contributed by atoms with Gasteiger partial charge < -0.3 is 5.32 Å². The molecule has 1 aromatic carbocycles. The highest BCUT2D eigenvalue weighted by Crippen LogP contribution is 2.24. The van der Waals surface area contributed by atoms with Gasteiger partial charge in [0.25, 0.3) is 0 Å². The summed E-state index contributed by atoms with van der Waals surface area (Å²) >= 11 is 6.00. The maximum Gasteiger partial charge on any atom is 0.199 e. The largest absolute Gasteiger partial charge is 0.316 e. The van der Waals surface area contributed by atoms with Crippen molar-refractivity contribution in [2.45, 2.75) is 11.4 Å². The molecule has 20 heavy (non-hydrogen) atoms. The minimum Gasteiger partial charge on any atom is -0.316 e. The molecule has 1 saturated heterocycles. The molecule has 1 aliphatic heterocycles. The second kappa shape index (κ2) is 5.27. The van der Waals surface area contributed by atoms with Crippen molar-refractivity contribution in [1.29, 1.82) is 0 Å². The molecule has 0 bridgehead atoms. The zero-order valence-corrected chi connectivity index (χ0v) is 12.3. The maximum absolute atomic E-state index is 12.4. The molecule has 1 N–H and O–H groups in total. The molecule has 0 aliphatic carbocycles. The first-order valence-electron chi connectivity index (χ1n) is 6.42. The first-order chi connectivity index (χ1) is 9.56. The van der Waals surface area contributed by atoms with Crippen LogP contribution in [0.3, 0.4) is 0 Å². The van der Waals surface area contributed by atoms with Crippen molar-refractivity contribution in [3.8, 4) is 0 Å². The lowest BCUT2D eigenvalue weighted by Crippen LogP contribution is -2.20. The van der Waals surface area contributed by atoms with Gasteiger partial charge in [-0.15, -0.1) is 0 Å². The first kappa shape index (κ1) is 13.7. The van der Waals surface area contributed by atoms with Gasteiger partial charge >= 0.3 is 0 Å². The summed E-state index contributed by atoms with van der Waals surface area (Å²) in [6.45, 7) is 1.58. The average Bonchev–Trinajstić information content (AvgIpc) is 2.90. The molecule has 106 valence electrons. The van der Waals surface area contributed by atoms with E-state index in [0.717, 1.165) is 19.5 Å². The first-order valence-corrected chi connectivity index (χ1v) is 8.45. The van der Waals surface area contributed by atoms with Crippen LogP contribution >= 0.6 is 11.6 Å². The Kier molecular flexibility index (Phi) is 3.62. The number of nitrogens with one attached hydrogen (secondary N) is 1. The van der Waals surface area contributed by atoms with Crippen molar-refractivity contribution < 1.29 is 8.42 Å². The molecule has 1 aromatic heterocycles. The normalized spacial score (nSPS) is 19.6. The fraction of sp³-hybridized carbons (Fsp3) is 0.385. The minimum atomic E-state index is -3.51. The topological polar surface area (TPSA) is 72.0 Å². The fourth-order valence-electron chi connectivity index (χ4n) is 2.41. The molecular formula is C13H14ClN3O2S. The lowest BCUT2D eigenvalue weighted by molar-refractivity contribution is 0.567. The Morgan fingerprint density at radius 2 is 1.95 bits per heavy atom. The lowest BCUT2D eigenvalue weighted by atomic mass is 10.2. The van der Waals surface area contributed by atoms with Crippen LogP contribution in [0.4, 0.5) is 0 Å². The van der Waals surface area contributed by atoms with E-state index in [1.54, 1.807) is 18.2 Å². The number of fused-ring (bicyclic) bond motifs is 1. The van der Waals surface area contributed by atoms with E-state index in [-0.39, 0.29) is 21.8 Å². The molecule has 7 heteroatoms. The molecule has 0 saturated carbocycles. The molecule has 2 heterocycles. The summed E-state index contributed by atoms with van der Waals surface area (Å²) in [5.74, 6) is 0.177. The van der Waals surface area contributed by atoms with Crippen molar-refractivity contribution in [2.24, 2.45) is 5.92 Å². The summed E-state index contributed by atoms with van der Waals surface area (Å²) in [6, 6.07) is 7.09. The molecule has 1 atom stereocenters. The molecule has 2 aromatic rings. The molecule has 0 spiro atoms. The second-order valence-corrected chi connectivity index (χ2v) is 7.26. The monoisotopic (exact) mass is 311 g/mol. The van der Waals surface area contributed by atoms with Gasteiger partial charge in [0.15, 0.2) is 20.0 Å². The van der Waals surface area contributed by atoms with Gasteiger partial charge in [-0.25, -0.2) is 18.4 Å². The second-order valence-electron chi connectivity index (χ2n) is 4.95. The van der Waals surface area contributed by atoms with Crippen molar-refractivity contribution >= 4 is 32.5 Å². The van der Waals surface area contributed by atoms with Crippen LogP contribution in [-0.4, -0.2) is 37.2 Å². The molecule has 3 rings (SSSR count). The van der Waals surface area contributed by atoms with E-state index in [9.17, 15) is 8.42 Å². The molecule has 0 radical (unpaired) electrons. The van der Waals surface area contributed by atoms with Gasteiger partial charge in [-0.3, -0.25) is 0 Å². The Labute approximate surface area is 122 Å². The van der Waals surface area contributed by atoms with E-state index in [0.29, 0.717) is 11.0 Å². The molecule has 5 nitrogen and oxygen atoms in total. The summed E-state index contributed by atoms with van der Waals surface area (Å²) in [4.78, 5) is 8.31. The molecule has 0 amide bonds. The van der Waals surface area contributed by atoms with E-state index in [4.69, 9.17) is 11.6 Å². The predicted octanol–water partition coefficient (Wildman–Crippen LogP) is 1.67. The minimum absolute atomic E-state index is 0.0466. The quantitative estimate of drug-likeness (QED) is 0.933. The van der Waals surface area contributed by atoms with Crippen LogP contribution in [0, 0.1) is 5.92 Å². The lowest BCUT2D eigenvalue weighted by Gasteiger charge is -2.10. The summed E-state index contributed by atoms with van der Waals surface area (Å²) in [5, 5.41) is 3.00. The van der Waals surface area contributed by atoms with Gasteiger partial charge in [0.1, 0.15) is 0 Å². The zero-order valence-electron chi connectivity index (χ0n) is 10.7. The fourth-order valence-corrected chi connectivity index (χ4v) is 4.49. The molecule has 1 fully saturated rings. The van der Waals surface area contributed by atoms with E-state index in [2.05, 4.69) is 15.3 Å². The number of benzene rings is 1. The summed E-state index contributed by atoms with van der Waals surface area (Å²) in [5.41, 5.74) is 1.14. The average molecular weight is 312 g/mol. The van der Waals surface area contributed by atoms with Crippen LogP contribution in [0.25, 0.3) is 11.0 Å². The molecular weight excluding hydrogens is 298 g/mol. The number of nitrogens with zero attached hydrogens (tertiary/aromatic N) is 2. The van der Waals surface area contributed by atoms with Gasteiger partial charge in [0.2, 0.25) is 0 Å². The predicted molar refractivity (Wildman–Crippen MR) is 77.6 cm³/mol. The van der Waals surface area contributed by atoms with Crippen molar-refractivity contribution in [3.63, 3.8) is 0 Å². The van der Waals surface area contributed by atoms with Crippen molar-refractivity contribution in [1.82, 2.24) is 15.3 Å². The summed E-state index contributed by atoms with van der Waals surface area (Å²) in [6.07, 6.45) is 0.859. The van der Waals surface area contributed by atoms with Gasteiger partial charge in [0, 0.05) is 0 Å². The molecule has 1 aliphatic rings. The Bertz CT molecular complexity index is 742. The Hall–Kier alpha value is -1.24. The van der Waals surface area contributed by atoms with Gasteiger partial charge in [-0.1, -0.05) is 23.7 Å². The number of hydrogen-bond donors (Lipinski definition) is 1. The third-order valence-corrected chi connectivity index (χ3v) is 5.57. The van der Waals surface area contributed by atoms with Crippen LogP contribution in [0.2, 0.25) is 5.15 Å². The highest BCUT2D eigenvalue weighted by Gasteiger charge is 2.27. The Balaban J connectivity index is 2.01. The molecule has 1 unspecified atom stereocenters. The Morgan fingerprint density at radius 1 is 1.25 bits per heavy atom. The highest BCUT2D eigenvalue weighted by molar-refractivity contribution is 7.91. The zero-order chi connectivity index (χ0) is 14.2. The number of aromatic nitrogens is 2.